The molecule has 0 spiro atoms. The van der Waals surface area contributed by atoms with Crippen molar-refractivity contribution in [3.63, 3.8) is 0 Å². The molecule has 4 rings (SSSR count). The Labute approximate surface area is 220 Å². The molecule has 7 heteroatoms. The first-order chi connectivity index (χ1) is 16.7. The molecule has 9 atom stereocenters. The zero-order valence-electron chi connectivity index (χ0n) is 23.5. The minimum absolute atomic E-state index is 0.0141. The molecule has 0 amide bonds. The maximum atomic E-state index is 14.2. The van der Waals surface area contributed by atoms with Crippen molar-refractivity contribution < 1.29 is 34.8 Å². The van der Waals surface area contributed by atoms with Gasteiger partial charge in [0, 0.05) is 23.2 Å². The molecule has 0 saturated heterocycles. The van der Waals surface area contributed by atoms with E-state index in [0.29, 0.717) is 12.8 Å². The fourth-order valence-corrected chi connectivity index (χ4v) is 9.00. The number of carbonyl (C=O) groups is 3. The van der Waals surface area contributed by atoms with E-state index in [1.807, 2.05) is 27.7 Å². The number of aliphatic hydroxyl groups excluding tert-OH is 2. The van der Waals surface area contributed by atoms with Crippen molar-refractivity contribution in [2.24, 2.45) is 39.4 Å². The molecular formula is C30H44O7. The van der Waals surface area contributed by atoms with Crippen LogP contribution in [0.4, 0.5) is 0 Å². The number of hydrogen-bond donors (Lipinski definition) is 4. The highest BCUT2D eigenvalue weighted by Crippen LogP contribution is 2.74. The first kappa shape index (κ1) is 28.3. The highest BCUT2D eigenvalue weighted by molar-refractivity contribution is 5.98. The normalized spacial score (nSPS) is 45.1. The Bertz CT molecular complexity index is 1090. The van der Waals surface area contributed by atoms with Crippen molar-refractivity contribution in [2.45, 2.75) is 104 Å². The Kier molecular flexibility index (Phi) is 6.26. The van der Waals surface area contributed by atoms with E-state index in [0.717, 1.165) is 5.57 Å². The molecule has 7 nitrogen and oxygen atoms in total. The summed E-state index contributed by atoms with van der Waals surface area (Å²) in [5, 5.41) is 43.7. The molecule has 0 aromatic carbocycles. The van der Waals surface area contributed by atoms with Crippen LogP contribution in [0.1, 0.15) is 81.1 Å². The molecule has 206 valence electrons. The largest absolute Gasteiger partial charge is 0.393 e. The minimum atomic E-state index is -1.95. The average molecular weight is 517 g/mol. The lowest BCUT2D eigenvalue weighted by Gasteiger charge is -2.64. The zero-order valence-corrected chi connectivity index (χ0v) is 23.5. The number of Topliss-reactive ketones (excluding diaryl/α,β-unsaturated/α-hetero) is 2. The van der Waals surface area contributed by atoms with Crippen LogP contribution in [0.25, 0.3) is 0 Å². The predicted molar refractivity (Wildman–Crippen MR) is 138 cm³/mol. The maximum absolute atomic E-state index is 14.2. The Hall–Kier alpha value is -1.67. The number of ketones is 3. The summed E-state index contributed by atoms with van der Waals surface area (Å²) in [4.78, 5) is 40.2. The maximum Gasteiger partial charge on any atom is 0.187 e. The Morgan fingerprint density at radius 2 is 1.62 bits per heavy atom. The summed E-state index contributed by atoms with van der Waals surface area (Å²) in [6.07, 6.45) is 3.54. The number of carbonyl (C=O) groups excluding carboxylic acids is 3. The number of hydrogen-bond acceptors (Lipinski definition) is 7. The summed E-state index contributed by atoms with van der Waals surface area (Å²) in [7, 11) is 0. The first-order valence-electron chi connectivity index (χ1n) is 13.5. The van der Waals surface area contributed by atoms with Crippen molar-refractivity contribution in [3.8, 4) is 0 Å². The van der Waals surface area contributed by atoms with Gasteiger partial charge in [-0.3, -0.25) is 14.4 Å². The van der Waals surface area contributed by atoms with E-state index in [1.165, 1.54) is 32.9 Å². The summed E-state index contributed by atoms with van der Waals surface area (Å²) in [6, 6.07) is 0. The van der Waals surface area contributed by atoms with Gasteiger partial charge in [0.1, 0.15) is 17.5 Å². The topological polar surface area (TPSA) is 132 Å². The minimum Gasteiger partial charge on any atom is -0.393 e. The molecule has 0 aromatic rings. The summed E-state index contributed by atoms with van der Waals surface area (Å²) in [5.74, 6) is -2.24. The highest BCUT2D eigenvalue weighted by Gasteiger charge is 2.74. The van der Waals surface area contributed by atoms with Crippen LogP contribution in [0, 0.1) is 39.4 Å². The van der Waals surface area contributed by atoms with Crippen LogP contribution in [0.5, 0.6) is 0 Å². The second-order valence-electron chi connectivity index (χ2n) is 14.2. The zero-order chi connectivity index (χ0) is 28.1. The van der Waals surface area contributed by atoms with Gasteiger partial charge in [-0.25, -0.2) is 0 Å². The van der Waals surface area contributed by atoms with Gasteiger partial charge in [-0.2, -0.15) is 0 Å². The Morgan fingerprint density at radius 3 is 2.19 bits per heavy atom. The smallest absolute Gasteiger partial charge is 0.187 e. The molecule has 0 heterocycles. The molecule has 3 fully saturated rings. The quantitative estimate of drug-likeness (QED) is 0.334. The number of aliphatic hydroxyl groups is 4. The highest BCUT2D eigenvalue weighted by atomic mass is 16.3. The third-order valence-corrected chi connectivity index (χ3v) is 11.1. The SMILES string of the molecule is CC(C)(O)/C=C/C(=O)[C@@](C)(O)[C@H]1[C@@H](O)C[C@@]2(C)[C@@H]3CC=C4[C@@H](C[C@H](O)C(=O)C4(C)C)[C@]3(C)C(=O)C[C@]12C. The van der Waals surface area contributed by atoms with Crippen LogP contribution in [-0.4, -0.2) is 61.2 Å². The molecule has 4 N–H and O–H groups in total. The summed E-state index contributed by atoms with van der Waals surface area (Å²) in [6.45, 7) is 14.0. The number of rotatable bonds is 4. The van der Waals surface area contributed by atoms with E-state index in [-0.39, 0.29) is 36.2 Å². The fourth-order valence-electron chi connectivity index (χ4n) is 9.00. The van der Waals surface area contributed by atoms with Gasteiger partial charge in [-0.05, 0) is 82.6 Å². The van der Waals surface area contributed by atoms with Crippen molar-refractivity contribution in [2.75, 3.05) is 0 Å². The summed E-state index contributed by atoms with van der Waals surface area (Å²) in [5.41, 5.74) is -5.46. The number of fused-ring (bicyclic) bond motifs is 5. The molecular weight excluding hydrogens is 472 g/mol. The van der Waals surface area contributed by atoms with Gasteiger partial charge in [0.05, 0.1) is 11.7 Å². The van der Waals surface area contributed by atoms with Gasteiger partial charge in [0.2, 0.25) is 0 Å². The third-order valence-electron chi connectivity index (χ3n) is 11.1. The summed E-state index contributed by atoms with van der Waals surface area (Å²) >= 11 is 0. The lowest BCUT2D eigenvalue weighted by atomic mass is 9.38. The van der Waals surface area contributed by atoms with Crippen LogP contribution in [0.3, 0.4) is 0 Å². The Balaban J connectivity index is 1.80. The van der Waals surface area contributed by atoms with Crippen molar-refractivity contribution in [3.05, 3.63) is 23.8 Å². The van der Waals surface area contributed by atoms with Crippen molar-refractivity contribution >= 4 is 17.3 Å². The van der Waals surface area contributed by atoms with Crippen LogP contribution in [0.2, 0.25) is 0 Å². The first-order valence-corrected chi connectivity index (χ1v) is 13.5. The lowest BCUT2D eigenvalue weighted by molar-refractivity contribution is -0.183. The molecule has 37 heavy (non-hydrogen) atoms. The van der Waals surface area contributed by atoms with Crippen LogP contribution in [0.15, 0.2) is 23.8 Å². The van der Waals surface area contributed by atoms with Crippen LogP contribution in [-0.2, 0) is 14.4 Å². The van der Waals surface area contributed by atoms with Gasteiger partial charge in [0.15, 0.2) is 11.6 Å². The molecule has 0 radical (unpaired) electrons. The second kappa shape index (κ2) is 8.17. The van der Waals surface area contributed by atoms with E-state index in [1.54, 1.807) is 0 Å². The van der Waals surface area contributed by atoms with Crippen LogP contribution >= 0.6 is 0 Å². The van der Waals surface area contributed by atoms with Gasteiger partial charge in [-0.1, -0.05) is 38.5 Å². The van der Waals surface area contributed by atoms with Gasteiger partial charge in [0.25, 0.3) is 0 Å². The van der Waals surface area contributed by atoms with Gasteiger partial charge >= 0.3 is 0 Å². The lowest BCUT2D eigenvalue weighted by Crippen LogP contribution is -2.65. The second-order valence-corrected chi connectivity index (χ2v) is 14.2. The molecule has 0 aromatic heterocycles. The van der Waals surface area contributed by atoms with Gasteiger partial charge < -0.3 is 20.4 Å². The van der Waals surface area contributed by atoms with E-state index < -0.39 is 56.8 Å². The van der Waals surface area contributed by atoms with Crippen molar-refractivity contribution in [1.82, 2.24) is 0 Å². The standard InChI is InChI=1S/C30H44O7/c1-25(2,36)12-11-21(33)30(8,37)23-19(32)14-27(5)20-10-9-16-17(13-18(31)24(35)26(16,3)4)29(20,7)22(34)15-28(23,27)6/h9,11-12,17-20,23,31-32,36-37H,10,13-15H2,1-8H3/b12-11+/t17-,18+,19+,20+,23+,27+,28-,29+,30-/m1/s1. The molecule has 0 unspecified atom stereocenters. The summed E-state index contributed by atoms with van der Waals surface area (Å²) < 4.78 is 0. The fraction of sp³-hybridized carbons (Fsp3) is 0.767. The molecule has 4 aliphatic carbocycles. The molecule has 4 aliphatic rings. The van der Waals surface area contributed by atoms with E-state index >= 15 is 0 Å². The van der Waals surface area contributed by atoms with Crippen molar-refractivity contribution in [1.29, 1.82) is 0 Å². The van der Waals surface area contributed by atoms with E-state index in [2.05, 4.69) is 13.0 Å². The van der Waals surface area contributed by atoms with Gasteiger partial charge in [-0.15, -0.1) is 0 Å². The van der Waals surface area contributed by atoms with E-state index in [9.17, 15) is 34.8 Å². The molecule has 0 aliphatic heterocycles. The molecule has 3 saturated carbocycles. The van der Waals surface area contributed by atoms with E-state index in [4.69, 9.17) is 0 Å². The average Bonchev–Trinajstić information content (AvgIpc) is 2.96. The molecule has 0 bridgehead atoms. The Morgan fingerprint density at radius 1 is 1.03 bits per heavy atom. The van der Waals surface area contributed by atoms with Crippen LogP contribution < -0.4 is 0 Å². The monoisotopic (exact) mass is 516 g/mol. The number of allylic oxidation sites excluding steroid dienone is 2. The predicted octanol–water partition coefficient (Wildman–Crippen LogP) is 2.93. The third kappa shape index (κ3) is 3.71.